The molecule has 12 heavy (non-hydrogen) atoms. The van der Waals surface area contributed by atoms with Crippen molar-refractivity contribution in [3.63, 3.8) is 0 Å². The van der Waals surface area contributed by atoms with E-state index in [-0.39, 0.29) is 0 Å². The van der Waals surface area contributed by atoms with Gasteiger partial charge in [-0.25, -0.2) is 4.79 Å². The van der Waals surface area contributed by atoms with E-state index < -0.39 is 30.2 Å². The van der Waals surface area contributed by atoms with E-state index in [9.17, 15) is 22.8 Å². The molecular weight excluding hydrogens is 177 g/mol. The van der Waals surface area contributed by atoms with Gasteiger partial charge in [0.25, 0.3) is 0 Å². The van der Waals surface area contributed by atoms with Gasteiger partial charge in [0.05, 0.1) is 6.42 Å². The SMILES string of the molecule is O=C1CC(C(F)(F)F)=NC(=O)N1. The molecule has 0 saturated heterocycles. The number of imide groups is 1. The molecule has 1 rings (SSSR count). The van der Waals surface area contributed by atoms with Crippen LogP contribution in [0.5, 0.6) is 0 Å². The Morgan fingerprint density at radius 2 is 1.92 bits per heavy atom. The Balaban J connectivity index is 2.92. The van der Waals surface area contributed by atoms with Crippen LogP contribution in [-0.4, -0.2) is 23.8 Å². The van der Waals surface area contributed by atoms with E-state index in [0.717, 1.165) is 0 Å². The number of nitrogens with one attached hydrogen (secondary N) is 1. The van der Waals surface area contributed by atoms with Crippen LogP contribution in [-0.2, 0) is 4.79 Å². The lowest BCUT2D eigenvalue weighted by Gasteiger charge is -2.13. The Labute approximate surface area is 64.5 Å². The molecule has 0 aromatic heterocycles. The quantitative estimate of drug-likeness (QED) is 0.594. The number of amides is 3. The molecule has 0 saturated carbocycles. The number of alkyl halides is 3. The molecular formula is C5H3F3N2O2. The number of rotatable bonds is 0. The van der Waals surface area contributed by atoms with Gasteiger partial charge in [-0.3, -0.25) is 10.1 Å². The number of hydrogen-bond donors (Lipinski definition) is 1. The second-order valence-corrected chi connectivity index (χ2v) is 2.09. The lowest BCUT2D eigenvalue weighted by molar-refractivity contribution is -0.120. The van der Waals surface area contributed by atoms with Gasteiger partial charge in [-0.15, -0.1) is 0 Å². The number of halogens is 3. The van der Waals surface area contributed by atoms with Crippen molar-refractivity contribution in [1.82, 2.24) is 5.32 Å². The lowest BCUT2D eigenvalue weighted by atomic mass is 10.2. The van der Waals surface area contributed by atoms with E-state index in [0.29, 0.717) is 0 Å². The summed E-state index contributed by atoms with van der Waals surface area (Å²) in [7, 11) is 0. The van der Waals surface area contributed by atoms with Gasteiger partial charge in [-0.2, -0.15) is 18.2 Å². The summed E-state index contributed by atoms with van der Waals surface area (Å²) >= 11 is 0. The van der Waals surface area contributed by atoms with Crippen molar-refractivity contribution >= 4 is 17.6 Å². The fourth-order valence-electron chi connectivity index (χ4n) is 0.669. The van der Waals surface area contributed by atoms with Crippen LogP contribution in [0.3, 0.4) is 0 Å². The average molecular weight is 180 g/mol. The molecule has 0 atom stereocenters. The summed E-state index contributed by atoms with van der Waals surface area (Å²) in [5, 5.41) is 1.62. The van der Waals surface area contributed by atoms with E-state index in [1.54, 1.807) is 5.32 Å². The summed E-state index contributed by atoms with van der Waals surface area (Å²) in [6.07, 6.45) is -5.59. The first-order chi connectivity index (χ1) is 5.39. The topological polar surface area (TPSA) is 58.5 Å². The molecule has 1 N–H and O–H groups in total. The summed E-state index contributed by atoms with van der Waals surface area (Å²) in [5.74, 6) is -0.984. The summed E-state index contributed by atoms with van der Waals surface area (Å²) < 4.78 is 35.5. The zero-order valence-corrected chi connectivity index (χ0v) is 5.60. The van der Waals surface area contributed by atoms with Crippen molar-refractivity contribution in [3.05, 3.63) is 0 Å². The summed E-state index contributed by atoms with van der Waals surface area (Å²) in [6.45, 7) is 0. The highest BCUT2D eigenvalue weighted by Gasteiger charge is 2.39. The number of carbonyl (C=O) groups excluding carboxylic acids is 2. The highest BCUT2D eigenvalue weighted by Crippen LogP contribution is 2.20. The molecule has 1 aliphatic rings. The van der Waals surface area contributed by atoms with Crippen LogP contribution in [0.15, 0.2) is 4.99 Å². The van der Waals surface area contributed by atoms with Gasteiger partial charge in [0.1, 0.15) is 5.71 Å². The Morgan fingerprint density at radius 1 is 1.33 bits per heavy atom. The van der Waals surface area contributed by atoms with Crippen LogP contribution < -0.4 is 5.32 Å². The Morgan fingerprint density at radius 3 is 2.33 bits per heavy atom. The van der Waals surface area contributed by atoms with Crippen LogP contribution in [0.2, 0.25) is 0 Å². The van der Waals surface area contributed by atoms with E-state index in [2.05, 4.69) is 4.99 Å². The van der Waals surface area contributed by atoms with Gasteiger partial charge >= 0.3 is 12.2 Å². The Hall–Kier alpha value is -1.40. The second kappa shape index (κ2) is 2.58. The highest BCUT2D eigenvalue weighted by molar-refractivity contribution is 6.16. The lowest BCUT2D eigenvalue weighted by Crippen LogP contribution is -2.40. The third-order valence-corrected chi connectivity index (χ3v) is 1.14. The van der Waals surface area contributed by atoms with Crippen LogP contribution in [0.1, 0.15) is 6.42 Å². The Bertz CT molecular complexity index is 268. The summed E-state index contributed by atoms with van der Waals surface area (Å²) in [6, 6.07) is -1.27. The molecule has 0 aromatic carbocycles. The summed E-state index contributed by atoms with van der Waals surface area (Å²) in [5.41, 5.74) is -1.35. The maximum atomic E-state index is 11.8. The van der Waals surface area contributed by atoms with Crippen molar-refractivity contribution in [2.24, 2.45) is 4.99 Å². The monoisotopic (exact) mass is 180 g/mol. The Kier molecular flexibility index (Phi) is 1.87. The van der Waals surface area contributed by atoms with E-state index in [4.69, 9.17) is 0 Å². The normalized spacial score (nSPS) is 18.8. The van der Waals surface area contributed by atoms with Gasteiger partial charge < -0.3 is 0 Å². The maximum absolute atomic E-state index is 11.8. The zero-order valence-electron chi connectivity index (χ0n) is 5.60. The third kappa shape index (κ3) is 1.80. The molecule has 66 valence electrons. The molecule has 4 nitrogen and oxygen atoms in total. The first kappa shape index (κ1) is 8.69. The van der Waals surface area contributed by atoms with Crippen LogP contribution in [0.25, 0.3) is 0 Å². The van der Waals surface area contributed by atoms with E-state index >= 15 is 0 Å². The number of carbonyl (C=O) groups is 2. The number of urea groups is 1. The number of nitrogens with zero attached hydrogens (tertiary/aromatic N) is 1. The standard InChI is InChI=1S/C5H3F3N2O2/c6-5(7,8)2-1-3(11)10-4(12)9-2/h1H2,(H,10,11,12). The predicted molar refractivity (Wildman–Crippen MR) is 31.6 cm³/mol. The van der Waals surface area contributed by atoms with Gasteiger partial charge in [-0.1, -0.05) is 0 Å². The molecule has 0 spiro atoms. The highest BCUT2D eigenvalue weighted by atomic mass is 19.4. The van der Waals surface area contributed by atoms with Crippen molar-refractivity contribution in [3.8, 4) is 0 Å². The van der Waals surface area contributed by atoms with Crippen molar-refractivity contribution in [2.75, 3.05) is 0 Å². The zero-order chi connectivity index (χ0) is 9.35. The molecule has 0 radical (unpaired) electrons. The smallest absolute Gasteiger partial charge is 0.276 e. The molecule has 0 aromatic rings. The molecule has 0 fully saturated rings. The molecule has 1 aliphatic heterocycles. The first-order valence-corrected chi connectivity index (χ1v) is 2.88. The van der Waals surface area contributed by atoms with Crippen LogP contribution in [0, 0.1) is 0 Å². The molecule has 7 heteroatoms. The van der Waals surface area contributed by atoms with Crippen molar-refractivity contribution in [2.45, 2.75) is 12.6 Å². The molecule has 0 aliphatic carbocycles. The number of aliphatic imine (C=N–C) groups is 1. The van der Waals surface area contributed by atoms with Gasteiger partial charge in [0.15, 0.2) is 0 Å². The predicted octanol–water partition coefficient (Wildman–Crippen LogP) is 0.630. The average Bonchev–Trinajstić information content (AvgIpc) is 1.82. The maximum Gasteiger partial charge on any atom is 0.430 e. The summed E-state index contributed by atoms with van der Waals surface area (Å²) in [4.78, 5) is 23.4. The fraction of sp³-hybridized carbons (Fsp3) is 0.400. The van der Waals surface area contributed by atoms with E-state index in [1.807, 2.05) is 0 Å². The van der Waals surface area contributed by atoms with Crippen molar-refractivity contribution in [1.29, 1.82) is 0 Å². The molecule has 3 amide bonds. The van der Waals surface area contributed by atoms with Gasteiger partial charge in [-0.05, 0) is 0 Å². The minimum Gasteiger partial charge on any atom is -0.276 e. The van der Waals surface area contributed by atoms with Crippen LogP contribution in [0.4, 0.5) is 18.0 Å². The minimum absolute atomic E-state index is 0.894. The van der Waals surface area contributed by atoms with E-state index in [1.165, 1.54) is 0 Å². The largest absolute Gasteiger partial charge is 0.430 e. The van der Waals surface area contributed by atoms with Gasteiger partial charge in [0, 0.05) is 0 Å². The fourth-order valence-corrected chi connectivity index (χ4v) is 0.669. The van der Waals surface area contributed by atoms with Gasteiger partial charge in [0.2, 0.25) is 5.91 Å². The van der Waals surface area contributed by atoms with Crippen molar-refractivity contribution < 1.29 is 22.8 Å². The molecule has 0 bridgehead atoms. The second-order valence-electron chi connectivity index (χ2n) is 2.09. The van der Waals surface area contributed by atoms with Crippen LogP contribution >= 0.6 is 0 Å². The first-order valence-electron chi connectivity index (χ1n) is 2.88. The number of hydrogen-bond acceptors (Lipinski definition) is 2. The molecule has 0 unspecified atom stereocenters. The molecule has 1 heterocycles. The third-order valence-electron chi connectivity index (χ3n) is 1.14. The minimum atomic E-state index is -4.70.